The molecular formula is C17H12Cl3FN4S. The second-order valence-electron chi connectivity index (χ2n) is 5.34. The largest absolute Gasteiger partial charge is 0.332 e. The third kappa shape index (κ3) is 4.86. The van der Waals surface area contributed by atoms with E-state index < -0.39 is 5.82 Å². The van der Waals surface area contributed by atoms with Crippen LogP contribution in [-0.2, 0) is 6.54 Å². The highest BCUT2D eigenvalue weighted by atomic mass is 35.5. The van der Waals surface area contributed by atoms with E-state index >= 15 is 0 Å². The first-order valence-electron chi connectivity index (χ1n) is 7.41. The number of benzene rings is 2. The van der Waals surface area contributed by atoms with Gasteiger partial charge in [-0.1, -0.05) is 40.9 Å². The zero-order chi connectivity index (χ0) is 18.7. The van der Waals surface area contributed by atoms with E-state index in [9.17, 15) is 4.39 Å². The first kappa shape index (κ1) is 18.9. The zero-order valence-electron chi connectivity index (χ0n) is 13.1. The van der Waals surface area contributed by atoms with Gasteiger partial charge in [0.05, 0.1) is 11.6 Å². The minimum Gasteiger partial charge on any atom is -0.332 e. The van der Waals surface area contributed by atoms with Crippen molar-refractivity contribution in [1.29, 1.82) is 0 Å². The lowest BCUT2D eigenvalue weighted by Crippen LogP contribution is -2.19. The molecule has 1 heterocycles. The van der Waals surface area contributed by atoms with E-state index in [1.165, 1.54) is 18.2 Å². The van der Waals surface area contributed by atoms with E-state index in [0.717, 1.165) is 5.56 Å². The van der Waals surface area contributed by atoms with Crippen molar-refractivity contribution < 1.29 is 4.39 Å². The summed E-state index contributed by atoms with van der Waals surface area (Å²) < 4.78 is 14.9. The predicted molar refractivity (Wildman–Crippen MR) is 109 cm³/mol. The number of halogens is 4. The van der Waals surface area contributed by atoms with Crippen LogP contribution >= 0.6 is 47.0 Å². The molecule has 3 rings (SSSR count). The van der Waals surface area contributed by atoms with Gasteiger partial charge in [-0.15, -0.1) is 0 Å². The number of rotatable bonds is 4. The first-order chi connectivity index (χ1) is 12.4. The summed E-state index contributed by atoms with van der Waals surface area (Å²) >= 11 is 23.0. The molecule has 0 aliphatic carbocycles. The standard InChI is InChI=1S/C17H12Cl3FN4S/c18-11-2-1-10(13(19)7-11)9-25-6-5-16(24-25)23-17(26)22-12-3-4-15(21)14(20)8-12/h1-8H,9H2,(H2,22,23,24,26). The van der Waals surface area contributed by atoms with Crippen LogP contribution in [0, 0.1) is 5.82 Å². The Morgan fingerprint density at radius 3 is 2.58 bits per heavy atom. The van der Waals surface area contributed by atoms with Crippen molar-refractivity contribution in [3.8, 4) is 0 Å². The summed E-state index contributed by atoms with van der Waals surface area (Å²) in [4.78, 5) is 0. The lowest BCUT2D eigenvalue weighted by atomic mass is 10.2. The molecule has 0 amide bonds. The quantitative estimate of drug-likeness (QED) is 0.511. The van der Waals surface area contributed by atoms with Gasteiger partial charge in [-0.2, -0.15) is 5.10 Å². The number of thiocarbonyl (C=S) groups is 1. The van der Waals surface area contributed by atoms with E-state index in [4.69, 9.17) is 47.0 Å². The molecule has 0 saturated carbocycles. The molecule has 0 radical (unpaired) electrons. The summed E-state index contributed by atoms with van der Waals surface area (Å²) in [6, 6.07) is 11.3. The van der Waals surface area contributed by atoms with E-state index in [1.807, 2.05) is 6.07 Å². The number of nitrogens with one attached hydrogen (secondary N) is 2. The number of hydrogen-bond donors (Lipinski definition) is 2. The summed E-state index contributed by atoms with van der Waals surface area (Å²) in [6.45, 7) is 0.492. The van der Waals surface area contributed by atoms with Crippen LogP contribution in [-0.4, -0.2) is 14.9 Å². The molecule has 26 heavy (non-hydrogen) atoms. The molecule has 2 N–H and O–H groups in total. The average Bonchev–Trinajstić information content (AvgIpc) is 3.00. The molecule has 0 spiro atoms. The molecule has 134 valence electrons. The summed E-state index contributed by atoms with van der Waals surface area (Å²) in [5.41, 5.74) is 1.47. The van der Waals surface area contributed by atoms with Crippen LogP contribution in [0.15, 0.2) is 48.7 Å². The molecule has 0 atom stereocenters. The topological polar surface area (TPSA) is 41.9 Å². The molecule has 0 bridgehead atoms. The van der Waals surface area contributed by atoms with Gasteiger partial charge in [0, 0.05) is 28.0 Å². The molecular weight excluding hydrogens is 418 g/mol. The summed E-state index contributed by atoms with van der Waals surface area (Å²) in [6.07, 6.45) is 1.80. The van der Waals surface area contributed by atoms with E-state index in [0.29, 0.717) is 33.2 Å². The molecule has 3 aromatic rings. The van der Waals surface area contributed by atoms with Gasteiger partial charge in [0.2, 0.25) is 0 Å². The third-order valence-electron chi connectivity index (χ3n) is 3.41. The van der Waals surface area contributed by atoms with Gasteiger partial charge in [0.25, 0.3) is 0 Å². The van der Waals surface area contributed by atoms with Gasteiger partial charge in [-0.25, -0.2) is 4.39 Å². The molecule has 0 unspecified atom stereocenters. The van der Waals surface area contributed by atoms with Crippen molar-refractivity contribution in [2.45, 2.75) is 6.54 Å². The number of aromatic nitrogens is 2. The average molecular weight is 430 g/mol. The fourth-order valence-corrected chi connectivity index (χ4v) is 3.06. The fraction of sp³-hybridized carbons (Fsp3) is 0.0588. The molecule has 0 aliphatic rings. The van der Waals surface area contributed by atoms with Gasteiger partial charge in [-0.3, -0.25) is 4.68 Å². The smallest absolute Gasteiger partial charge is 0.176 e. The normalized spacial score (nSPS) is 10.6. The predicted octanol–water partition coefficient (Wildman–Crippen LogP) is 5.84. The van der Waals surface area contributed by atoms with E-state index in [1.54, 1.807) is 29.1 Å². The number of hydrogen-bond acceptors (Lipinski definition) is 2. The van der Waals surface area contributed by atoms with Crippen molar-refractivity contribution >= 4 is 63.6 Å². The Morgan fingerprint density at radius 1 is 1.04 bits per heavy atom. The second-order valence-corrected chi connectivity index (χ2v) is 7.00. The molecule has 2 aromatic carbocycles. The van der Waals surface area contributed by atoms with Gasteiger partial charge < -0.3 is 10.6 Å². The summed E-state index contributed by atoms with van der Waals surface area (Å²) in [7, 11) is 0. The third-order valence-corrected chi connectivity index (χ3v) is 4.49. The number of nitrogens with zero attached hydrogens (tertiary/aromatic N) is 2. The second kappa shape index (κ2) is 8.22. The van der Waals surface area contributed by atoms with Gasteiger partial charge in [-0.05, 0) is 48.1 Å². The SMILES string of the molecule is Fc1ccc(NC(=S)Nc2ccn(Cc3ccc(Cl)cc3Cl)n2)cc1Cl. The van der Waals surface area contributed by atoms with Crippen LogP contribution in [0.1, 0.15) is 5.56 Å². The highest BCUT2D eigenvalue weighted by molar-refractivity contribution is 7.80. The maximum Gasteiger partial charge on any atom is 0.176 e. The van der Waals surface area contributed by atoms with Crippen molar-refractivity contribution in [3.05, 3.63) is 75.1 Å². The highest BCUT2D eigenvalue weighted by Gasteiger charge is 2.07. The Labute approximate surface area is 169 Å². The lowest BCUT2D eigenvalue weighted by molar-refractivity contribution is 0.628. The van der Waals surface area contributed by atoms with E-state index in [2.05, 4.69) is 15.7 Å². The lowest BCUT2D eigenvalue weighted by Gasteiger charge is -2.09. The summed E-state index contributed by atoms with van der Waals surface area (Å²) in [5, 5.41) is 11.7. The minimum atomic E-state index is -0.490. The Morgan fingerprint density at radius 2 is 1.85 bits per heavy atom. The molecule has 1 aromatic heterocycles. The summed E-state index contributed by atoms with van der Waals surface area (Å²) in [5.74, 6) is 0.0662. The molecule has 0 saturated heterocycles. The van der Waals surface area contributed by atoms with Crippen LogP contribution in [0.4, 0.5) is 15.9 Å². The first-order valence-corrected chi connectivity index (χ1v) is 8.95. The van der Waals surface area contributed by atoms with Crippen LogP contribution < -0.4 is 10.6 Å². The molecule has 0 aliphatic heterocycles. The molecule has 9 heteroatoms. The monoisotopic (exact) mass is 428 g/mol. The van der Waals surface area contributed by atoms with Crippen molar-refractivity contribution in [2.75, 3.05) is 10.6 Å². The zero-order valence-corrected chi connectivity index (χ0v) is 16.2. The van der Waals surface area contributed by atoms with Crippen LogP contribution in [0.2, 0.25) is 15.1 Å². The van der Waals surface area contributed by atoms with Gasteiger partial charge >= 0.3 is 0 Å². The van der Waals surface area contributed by atoms with Crippen LogP contribution in [0.3, 0.4) is 0 Å². The Hall–Kier alpha value is -1.86. The Bertz CT molecular complexity index is 961. The van der Waals surface area contributed by atoms with Gasteiger partial charge in [0.1, 0.15) is 5.82 Å². The van der Waals surface area contributed by atoms with Crippen LogP contribution in [0.25, 0.3) is 0 Å². The fourth-order valence-electron chi connectivity index (χ4n) is 2.19. The Balaban J connectivity index is 1.62. The van der Waals surface area contributed by atoms with Crippen LogP contribution in [0.5, 0.6) is 0 Å². The molecule has 4 nitrogen and oxygen atoms in total. The minimum absolute atomic E-state index is 0.0157. The Kier molecular flexibility index (Phi) is 5.98. The van der Waals surface area contributed by atoms with Gasteiger partial charge in [0.15, 0.2) is 10.9 Å². The van der Waals surface area contributed by atoms with Crippen molar-refractivity contribution in [1.82, 2.24) is 9.78 Å². The number of anilines is 2. The van der Waals surface area contributed by atoms with Crippen molar-refractivity contribution in [2.24, 2.45) is 0 Å². The van der Waals surface area contributed by atoms with E-state index in [-0.39, 0.29) is 5.02 Å². The molecule has 0 fully saturated rings. The maximum absolute atomic E-state index is 13.2. The van der Waals surface area contributed by atoms with Crippen molar-refractivity contribution in [3.63, 3.8) is 0 Å². The maximum atomic E-state index is 13.2. The highest BCUT2D eigenvalue weighted by Crippen LogP contribution is 2.22.